The Kier molecular flexibility index (Phi) is 5.26. The summed E-state index contributed by atoms with van der Waals surface area (Å²) in [5.41, 5.74) is 2.86. The van der Waals surface area contributed by atoms with Crippen LogP contribution < -0.4 is 10.2 Å². The minimum atomic E-state index is 0.599. The lowest BCUT2D eigenvalue weighted by atomic mass is 10.1. The number of aryl methyl sites for hydroxylation is 1. The summed E-state index contributed by atoms with van der Waals surface area (Å²) in [5, 5.41) is 3.56. The van der Waals surface area contributed by atoms with Gasteiger partial charge in [0.25, 0.3) is 0 Å². The number of nitrogens with zero attached hydrogens (tertiary/aromatic N) is 1. The molecular formula is C17H28N2. The fourth-order valence-corrected chi connectivity index (χ4v) is 2.80. The highest BCUT2D eigenvalue weighted by atomic mass is 15.2. The Morgan fingerprint density at radius 2 is 2.00 bits per heavy atom. The van der Waals surface area contributed by atoms with Crippen molar-refractivity contribution >= 4 is 5.69 Å². The SMILES string of the molecule is CCCc1ccc(N2CCC(CNC(C)C)C2)cc1. The molecule has 1 heterocycles. The molecule has 1 unspecified atom stereocenters. The molecule has 1 aliphatic rings. The van der Waals surface area contributed by atoms with Crippen molar-refractivity contribution in [3.05, 3.63) is 29.8 Å². The van der Waals surface area contributed by atoms with Gasteiger partial charge in [0.2, 0.25) is 0 Å². The Balaban J connectivity index is 1.86. The molecule has 106 valence electrons. The van der Waals surface area contributed by atoms with Crippen molar-refractivity contribution in [2.24, 2.45) is 5.92 Å². The molecule has 1 fully saturated rings. The Hall–Kier alpha value is -1.02. The van der Waals surface area contributed by atoms with Crippen LogP contribution in [-0.4, -0.2) is 25.7 Å². The van der Waals surface area contributed by atoms with E-state index in [1.807, 2.05) is 0 Å². The van der Waals surface area contributed by atoms with Crippen LogP contribution in [0.2, 0.25) is 0 Å². The van der Waals surface area contributed by atoms with Gasteiger partial charge in [0.15, 0.2) is 0 Å². The zero-order valence-corrected chi connectivity index (χ0v) is 12.7. The summed E-state index contributed by atoms with van der Waals surface area (Å²) in [6, 6.07) is 9.77. The molecule has 0 radical (unpaired) electrons. The molecule has 1 N–H and O–H groups in total. The van der Waals surface area contributed by atoms with E-state index in [1.54, 1.807) is 0 Å². The van der Waals surface area contributed by atoms with Crippen molar-refractivity contribution in [2.75, 3.05) is 24.5 Å². The van der Waals surface area contributed by atoms with Gasteiger partial charge in [0.05, 0.1) is 0 Å². The van der Waals surface area contributed by atoms with Crippen LogP contribution in [0.15, 0.2) is 24.3 Å². The molecule has 0 aromatic heterocycles. The van der Waals surface area contributed by atoms with Crippen LogP contribution in [0.25, 0.3) is 0 Å². The fourth-order valence-electron chi connectivity index (χ4n) is 2.80. The quantitative estimate of drug-likeness (QED) is 0.842. The van der Waals surface area contributed by atoms with Gasteiger partial charge in [-0.3, -0.25) is 0 Å². The number of benzene rings is 1. The third-order valence-corrected chi connectivity index (χ3v) is 3.94. The van der Waals surface area contributed by atoms with Crippen molar-refractivity contribution in [1.82, 2.24) is 5.32 Å². The second-order valence-electron chi connectivity index (χ2n) is 6.08. The molecule has 0 bridgehead atoms. The van der Waals surface area contributed by atoms with E-state index in [4.69, 9.17) is 0 Å². The topological polar surface area (TPSA) is 15.3 Å². The predicted molar refractivity (Wildman–Crippen MR) is 83.9 cm³/mol. The van der Waals surface area contributed by atoms with Crippen LogP contribution in [0.1, 0.15) is 39.2 Å². The van der Waals surface area contributed by atoms with Crippen LogP contribution in [0.3, 0.4) is 0 Å². The van der Waals surface area contributed by atoms with Crippen molar-refractivity contribution in [2.45, 2.75) is 46.1 Å². The zero-order chi connectivity index (χ0) is 13.7. The van der Waals surface area contributed by atoms with Gasteiger partial charge in [-0.25, -0.2) is 0 Å². The second kappa shape index (κ2) is 6.95. The van der Waals surface area contributed by atoms with E-state index in [9.17, 15) is 0 Å². The van der Waals surface area contributed by atoms with Gasteiger partial charge in [-0.05, 0) is 43.0 Å². The predicted octanol–water partition coefficient (Wildman–Crippen LogP) is 3.46. The third-order valence-electron chi connectivity index (χ3n) is 3.94. The van der Waals surface area contributed by atoms with Gasteiger partial charge in [-0.1, -0.05) is 39.3 Å². The highest BCUT2D eigenvalue weighted by Gasteiger charge is 2.22. The summed E-state index contributed by atoms with van der Waals surface area (Å²) in [4.78, 5) is 2.53. The lowest BCUT2D eigenvalue weighted by Gasteiger charge is -2.19. The highest BCUT2D eigenvalue weighted by Crippen LogP contribution is 2.24. The number of hydrogen-bond donors (Lipinski definition) is 1. The van der Waals surface area contributed by atoms with E-state index < -0.39 is 0 Å². The first-order valence-electron chi connectivity index (χ1n) is 7.76. The highest BCUT2D eigenvalue weighted by molar-refractivity contribution is 5.48. The molecule has 0 saturated carbocycles. The average Bonchev–Trinajstić information content (AvgIpc) is 2.86. The van der Waals surface area contributed by atoms with Gasteiger partial charge < -0.3 is 10.2 Å². The maximum absolute atomic E-state index is 3.56. The lowest BCUT2D eigenvalue weighted by Crippen LogP contribution is -2.30. The molecule has 1 aromatic rings. The van der Waals surface area contributed by atoms with Crippen LogP contribution >= 0.6 is 0 Å². The summed E-state index contributed by atoms with van der Waals surface area (Å²) < 4.78 is 0. The molecule has 1 aromatic carbocycles. The largest absolute Gasteiger partial charge is 0.371 e. The van der Waals surface area contributed by atoms with E-state index in [0.717, 1.165) is 12.5 Å². The number of anilines is 1. The molecular weight excluding hydrogens is 232 g/mol. The minimum absolute atomic E-state index is 0.599. The zero-order valence-electron chi connectivity index (χ0n) is 12.7. The Morgan fingerprint density at radius 1 is 1.26 bits per heavy atom. The molecule has 1 aliphatic heterocycles. The molecule has 1 saturated heterocycles. The van der Waals surface area contributed by atoms with Gasteiger partial charge in [-0.15, -0.1) is 0 Å². The second-order valence-corrected chi connectivity index (χ2v) is 6.08. The summed E-state index contributed by atoms with van der Waals surface area (Å²) in [7, 11) is 0. The van der Waals surface area contributed by atoms with Crippen molar-refractivity contribution in [3.63, 3.8) is 0 Å². The number of nitrogens with one attached hydrogen (secondary N) is 1. The first kappa shape index (κ1) is 14.4. The Morgan fingerprint density at radius 3 is 2.63 bits per heavy atom. The monoisotopic (exact) mass is 260 g/mol. The van der Waals surface area contributed by atoms with Crippen molar-refractivity contribution in [3.8, 4) is 0 Å². The molecule has 19 heavy (non-hydrogen) atoms. The number of rotatable bonds is 6. The Bertz CT molecular complexity index is 369. The van der Waals surface area contributed by atoms with Gasteiger partial charge in [0.1, 0.15) is 0 Å². The molecule has 2 rings (SSSR count). The summed E-state index contributed by atoms with van der Waals surface area (Å²) >= 11 is 0. The number of hydrogen-bond acceptors (Lipinski definition) is 2. The van der Waals surface area contributed by atoms with Gasteiger partial charge in [0, 0.05) is 24.8 Å². The molecule has 1 atom stereocenters. The van der Waals surface area contributed by atoms with E-state index in [1.165, 1.54) is 43.6 Å². The molecule has 2 nitrogen and oxygen atoms in total. The smallest absolute Gasteiger partial charge is 0.0366 e. The van der Waals surface area contributed by atoms with Crippen LogP contribution in [-0.2, 0) is 6.42 Å². The van der Waals surface area contributed by atoms with Crippen molar-refractivity contribution in [1.29, 1.82) is 0 Å². The fraction of sp³-hybridized carbons (Fsp3) is 0.647. The first-order chi connectivity index (χ1) is 9.19. The standard InChI is InChI=1S/C17H28N2/c1-4-5-15-6-8-17(9-7-15)19-11-10-16(13-19)12-18-14(2)3/h6-9,14,16,18H,4-5,10-13H2,1-3H3. The normalized spacial score (nSPS) is 19.4. The van der Waals surface area contributed by atoms with E-state index >= 15 is 0 Å². The van der Waals surface area contributed by atoms with Crippen LogP contribution in [0, 0.1) is 5.92 Å². The maximum Gasteiger partial charge on any atom is 0.0366 e. The molecule has 2 heteroatoms. The van der Waals surface area contributed by atoms with E-state index in [2.05, 4.69) is 55.3 Å². The van der Waals surface area contributed by atoms with Crippen LogP contribution in [0.5, 0.6) is 0 Å². The Labute approximate surface area is 118 Å². The summed E-state index contributed by atoms with van der Waals surface area (Å²) in [5.74, 6) is 0.803. The first-order valence-corrected chi connectivity index (χ1v) is 7.76. The van der Waals surface area contributed by atoms with E-state index in [0.29, 0.717) is 6.04 Å². The minimum Gasteiger partial charge on any atom is -0.371 e. The van der Waals surface area contributed by atoms with Gasteiger partial charge >= 0.3 is 0 Å². The average molecular weight is 260 g/mol. The summed E-state index contributed by atoms with van der Waals surface area (Å²) in [6.45, 7) is 10.2. The maximum atomic E-state index is 3.56. The third kappa shape index (κ3) is 4.24. The molecule has 0 aliphatic carbocycles. The lowest BCUT2D eigenvalue weighted by molar-refractivity contribution is 0.480. The summed E-state index contributed by atoms with van der Waals surface area (Å²) in [6.07, 6.45) is 3.74. The van der Waals surface area contributed by atoms with Crippen molar-refractivity contribution < 1.29 is 0 Å². The van der Waals surface area contributed by atoms with Crippen LogP contribution in [0.4, 0.5) is 5.69 Å². The molecule has 0 amide bonds. The van der Waals surface area contributed by atoms with Gasteiger partial charge in [-0.2, -0.15) is 0 Å². The molecule has 0 spiro atoms. The van der Waals surface area contributed by atoms with E-state index in [-0.39, 0.29) is 0 Å².